The van der Waals surface area contributed by atoms with Gasteiger partial charge in [0.25, 0.3) is 5.69 Å². The largest absolute Gasteiger partial charge is 0.490 e. The summed E-state index contributed by atoms with van der Waals surface area (Å²) in [5, 5.41) is 19.8. The summed E-state index contributed by atoms with van der Waals surface area (Å²) in [5.41, 5.74) is 1.27. The number of fused-ring (bicyclic) bond motifs is 1. The van der Waals surface area contributed by atoms with Crippen LogP contribution in [0.1, 0.15) is 56.9 Å². The molecule has 0 aliphatic heterocycles. The van der Waals surface area contributed by atoms with Crippen molar-refractivity contribution in [2.75, 3.05) is 26.6 Å². The fraction of sp³-hybridized carbons (Fsp3) is 0.321. The topological polar surface area (TPSA) is 283 Å². The average molecular weight is 1100 g/mol. The van der Waals surface area contributed by atoms with Crippen LogP contribution in [0.4, 0.5) is 16.5 Å². The molecule has 1 aromatic heterocycles. The first-order chi connectivity index (χ1) is 38.2. The molecule has 0 radical (unpaired) electrons. The van der Waals surface area contributed by atoms with Gasteiger partial charge in [0.15, 0.2) is 11.9 Å². The van der Waals surface area contributed by atoms with Crippen LogP contribution in [0.25, 0.3) is 10.2 Å². The van der Waals surface area contributed by atoms with Crippen molar-refractivity contribution < 1.29 is 81.1 Å². The Bertz CT molecular complexity index is 3070. The Hall–Kier alpha value is -9.12. The number of nitro benzene ring substituents is 1. The molecular formula is C56H54N4O18S. The maximum Gasteiger partial charge on any atom is 0.333 e. The van der Waals surface area contributed by atoms with E-state index in [0.29, 0.717) is 84.5 Å². The highest BCUT2D eigenvalue weighted by molar-refractivity contribution is 7.22. The molecule has 1 heterocycles. The summed E-state index contributed by atoms with van der Waals surface area (Å²) in [7, 11) is 0. The van der Waals surface area contributed by atoms with Gasteiger partial charge in [0, 0.05) is 36.8 Å². The molecule has 412 valence electrons. The summed E-state index contributed by atoms with van der Waals surface area (Å²) in [4.78, 5) is 103. The van der Waals surface area contributed by atoms with Crippen LogP contribution in [0.3, 0.4) is 0 Å². The third kappa shape index (κ3) is 16.9. The van der Waals surface area contributed by atoms with E-state index in [9.17, 15) is 43.7 Å². The van der Waals surface area contributed by atoms with Crippen molar-refractivity contribution in [2.24, 2.45) is 33.9 Å². The minimum Gasteiger partial charge on any atom is -0.490 e. The highest BCUT2D eigenvalue weighted by Gasteiger charge is 2.34. The molecule has 0 amide bonds. The van der Waals surface area contributed by atoms with Crippen molar-refractivity contribution in [3.8, 4) is 28.7 Å². The number of azo groups is 1. The van der Waals surface area contributed by atoms with Crippen LogP contribution in [-0.2, 0) is 58.9 Å². The van der Waals surface area contributed by atoms with Crippen molar-refractivity contribution in [1.29, 1.82) is 0 Å². The second-order valence-corrected chi connectivity index (χ2v) is 18.9. The van der Waals surface area contributed by atoms with Crippen LogP contribution in [-0.4, -0.2) is 84.4 Å². The number of non-ortho nitro benzene ring substituents is 1. The van der Waals surface area contributed by atoms with Gasteiger partial charge in [-0.05, 0) is 124 Å². The quantitative estimate of drug-likeness (QED) is 0.00767. The lowest BCUT2D eigenvalue weighted by Gasteiger charge is -2.26. The van der Waals surface area contributed by atoms with Gasteiger partial charge >= 0.3 is 41.8 Å². The van der Waals surface area contributed by atoms with E-state index in [4.69, 9.17) is 42.6 Å². The van der Waals surface area contributed by atoms with E-state index >= 15 is 0 Å². The third-order valence-corrected chi connectivity index (χ3v) is 13.7. The number of ether oxygens (including phenoxy) is 9. The van der Waals surface area contributed by atoms with Crippen molar-refractivity contribution >= 4 is 79.8 Å². The molecular weight excluding hydrogens is 1050 g/mol. The molecule has 0 saturated heterocycles. The number of thiazole rings is 1. The minimum absolute atomic E-state index is 0.0172. The fourth-order valence-corrected chi connectivity index (χ4v) is 9.31. The smallest absolute Gasteiger partial charge is 0.333 e. The van der Waals surface area contributed by atoms with Crippen LogP contribution in [0, 0.1) is 33.8 Å². The highest BCUT2D eigenvalue weighted by Crippen LogP contribution is 2.39. The first kappa shape index (κ1) is 57.6. The van der Waals surface area contributed by atoms with Crippen molar-refractivity contribution in [3.05, 3.63) is 139 Å². The Balaban J connectivity index is 0.909. The molecule has 4 aromatic carbocycles. The summed E-state index contributed by atoms with van der Waals surface area (Å²) in [5.74, 6) is -4.18. The lowest BCUT2D eigenvalue weighted by molar-refractivity contribution is -0.384. The van der Waals surface area contributed by atoms with E-state index in [-0.39, 0.29) is 55.4 Å². The summed E-state index contributed by atoms with van der Waals surface area (Å²) in [6, 6.07) is 21.3. The molecule has 22 nitrogen and oxygen atoms in total. The number of esters is 7. The summed E-state index contributed by atoms with van der Waals surface area (Å²) in [6.45, 7) is 9.29. The second-order valence-electron chi connectivity index (χ2n) is 17.9. The first-order valence-electron chi connectivity index (χ1n) is 25.0. The highest BCUT2D eigenvalue weighted by atomic mass is 32.1. The molecule has 2 saturated carbocycles. The van der Waals surface area contributed by atoms with Crippen molar-refractivity contribution in [2.45, 2.75) is 63.9 Å². The Morgan fingerprint density at radius 1 is 0.595 bits per heavy atom. The number of nitrogens with zero attached hydrogens (tertiary/aromatic N) is 4. The van der Waals surface area contributed by atoms with Crippen LogP contribution in [0.15, 0.2) is 133 Å². The molecule has 1 unspecified atom stereocenters. The molecule has 0 N–H and O–H groups in total. The molecule has 7 rings (SSSR count). The van der Waals surface area contributed by atoms with Gasteiger partial charge in [0.2, 0.25) is 11.9 Å². The van der Waals surface area contributed by atoms with Crippen LogP contribution in [0.5, 0.6) is 28.7 Å². The first-order valence-corrected chi connectivity index (χ1v) is 25.8. The predicted molar refractivity (Wildman–Crippen MR) is 281 cm³/mol. The zero-order valence-electron chi connectivity index (χ0n) is 42.6. The normalized spacial score (nSPS) is 17.2. The molecule has 2 aliphatic rings. The van der Waals surface area contributed by atoms with E-state index in [1.165, 1.54) is 36.4 Å². The van der Waals surface area contributed by atoms with Gasteiger partial charge in [-0.3, -0.25) is 29.3 Å². The monoisotopic (exact) mass is 1100 g/mol. The third-order valence-electron chi connectivity index (χ3n) is 12.6. The minimum atomic E-state index is -0.933. The van der Waals surface area contributed by atoms with Crippen LogP contribution >= 0.6 is 11.3 Å². The Kier molecular flexibility index (Phi) is 20.6. The number of aromatic nitrogens is 1. The second kappa shape index (κ2) is 28.3. The van der Waals surface area contributed by atoms with E-state index in [1.54, 1.807) is 48.5 Å². The fourth-order valence-electron chi connectivity index (χ4n) is 8.36. The Labute approximate surface area is 456 Å². The number of carbonyl (C=O) groups excluding carboxylic acids is 7. The zero-order chi connectivity index (χ0) is 56.3. The number of hydrogen-bond donors (Lipinski definition) is 0. The lowest BCUT2D eigenvalue weighted by Crippen LogP contribution is -2.30. The van der Waals surface area contributed by atoms with Crippen LogP contribution in [0.2, 0.25) is 0 Å². The molecule has 2 fully saturated rings. The van der Waals surface area contributed by atoms with Gasteiger partial charge in [-0.15, -0.1) is 10.2 Å². The van der Waals surface area contributed by atoms with Crippen molar-refractivity contribution in [1.82, 2.24) is 4.98 Å². The number of carbonyl (C=O) groups is 7. The van der Waals surface area contributed by atoms with E-state index in [0.717, 1.165) is 35.1 Å². The summed E-state index contributed by atoms with van der Waals surface area (Å²) < 4.78 is 49.5. The zero-order valence-corrected chi connectivity index (χ0v) is 43.4. The van der Waals surface area contributed by atoms with Gasteiger partial charge in [-0.2, -0.15) is 0 Å². The Morgan fingerprint density at radius 3 is 1.65 bits per heavy atom. The lowest BCUT2D eigenvalue weighted by atomic mass is 9.82. The van der Waals surface area contributed by atoms with E-state index in [2.05, 4.69) is 34.9 Å². The maximum absolute atomic E-state index is 13.7. The van der Waals surface area contributed by atoms with Gasteiger partial charge in [0.05, 0.1) is 45.6 Å². The molecule has 1 atom stereocenters. The predicted octanol–water partition coefficient (Wildman–Crippen LogP) is 9.71. The molecule has 5 aromatic rings. The molecule has 0 spiro atoms. The standard InChI is InChI=1S/C56H54N4O18S/c1-4-47(61)72-32-45(75-49(63)6-3)31-71-41-20-24-43(25-21-41)76-54(66)37-11-13-38(14-12-37)55(67)78-46-28-15-34(51-50(46)57-56(79-51)59-58-39-16-18-40(19-17-39)60(68)69)29-30-70-52(64)35-7-9-36(10-8-35)53(65)77-44-26-22-42(23-27-44)73-33-74-48(62)5-2/h4-6,15-28,35-38,45H,1-3,7-14,29-33H2. The number of nitro groups is 1. The number of rotatable bonds is 25. The van der Waals surface area contributed by atoms with Gasteiger partial charge in [0.1, 0.15) is 41.7 Å². The summed E-state index contributed by atoms with van der Waals surface area (Å²) >= 11 is 1.16. The maximum atomic E-state index is 13.7. The molecule has 79 heavy (non-hydrogen) atoms. The SMILES string of the molecule is C=CC(=O)OCOc1ccc(OC(=O)C2CCC(C(=O)OCCc3ccc(OC(=O)C4CCC(C(=O)Oc5ccc(OCC(COC(=O)C=C)OC(=O)C=C)cc5)CC4)c4nc(N=Nc5ccc([N+](=O)[O-])cc5)sc34)CC2)cc1. The molecule has 0 bridgehead atoms. The summed E-state index contributed by atoms with van der Waals surface area (Å²) in [6.07, 6.45) is 5.43. The van der Waals surface area contributed by atoms with Crippen molar-refractivity contribution in [3.63, 3.8) is 0 Å². The van der Waals surface area contributed by atoms with Gasteiger partial charge < -0.3 is 42.6 Å². The average Bonchev–Trinajstić information content (AvgIpc) is 4.03. The van der Waals surface area contributed by atoms with E-state index < -0.39 is 76.5 Å². The number of hydrogen-bond acceptors (Lipinski definition) is 22. The van der Waals surface area contributed by atoms with Crippen LogP contribution < -0.4 is 23.7 Å². The molecule has 23 heteroatoms. The van der Waals surface area contributed by atoms with E-state index in [1.807, 2.05) is 0 Å². The number of benzene rings is 4. The molecule has 2 aliphatic carbocycles. The van der Waals surface area contributed by atoms with Gasteiger partial charge in [-0.1, -0.05) is 37.1 Å². The van der Waals surface area contributed by atoms with Gasteiger partial charge in [-0.25, -0.2) is 19.4 Å². The Morgan fingerprint density at radius 2 is 1.10 bits per heavy atom.